The fourth-order valence-electron chi connectivity index (χ4n) is 4.08. The van der Waals surface area contributed by atoms with Crippen LogP contribution >= 0.6 is 0 Å². The molecule has 0 radical (unpaired) electrons. The Kier molecular flexibility index (Phi) is 7.14. The second-order valence-corrected chi connectivity index (χ2v) is 8.34. The Bertz CT molecular complexity index is 889. The number of carbonyl (C=O) groups is 2. The summed E-state index contributed by atoms with van der Waals surface area (Å²) in [7, 11) is 1.81. The van der Waals surface area contributed by atoms with Gasteiger partial charge in [0.25, 0.3) is 5.91 Å². The van der Waals surface area contributed by atoms with Crippen molar-refractivity contribution in [3.63, 3.8) is 0 Å². The van der Waals surface area contributed by atoms with E-state index in [1.165, 1.54) is 0 Å². The van der Waals surface area contributed by atoms with E-state index < -0.39 is 0 Å². The van der Waals surface area contributed by atoms with Crippen molar-refractivity contribution in [3.8, 4) is 5.75 Å². The van der Waals surface area contributed by atoms with Crippen LogP contribution in [-0.4, -0.2) is 54.9 Å². The Labute approximate surface area is 179 Å². The van der Waals surface area contributed by atoms with Crippen molar-refractivity contribution in [3.05, 3.63) is 64.7 Å². The standard InChI is InChI=1S/C25H32N2O3/c1-18-14-19(2)16-22(15-18)25(29)27-11-7-9-21(17-27)24(28)26(4)12-13-30-23-10-6-5-8-20(23)3/h5-6,8,10,14-16,21H,7,9,11-13,17H2,1-4H3. The zero-order valence-electron chi connectivity index (χ0n) is 18.5. The van der Waals surface area contributed by atoms with Crippen molar-refractivity contribution in [2.24, 2.45) is 5.92 Å². The number of hydrogen-bond donors (Lipinski definition) is 0. The Morgan fingerprint density at radius 3 is 2.50 bits per heavy atom. The van der Waals surface area contributed by atoms with Crippen LogP contribution in [0.4, 0.5) is 0 Å². The minimum atomic E-state index is -0.155. The largest absolute Gasteiger partial charge is 0.491 e. The van der Waals surface area contributed by atoms with Crippen LogP contribution in [0.15, 0.2) is 42.5 Å². The molecular weight excluding hydrogens is 376 g/mol. The predicted molar refractivity (Wildman–Crippen MR) is 119 cm³/mol. The number of benzene rings is 2. The molecule has 30 heavy (non-hydrogen) atoms. The SMILES string of the molecule is Cc1cc(C)cc(C(=O)N2CCCC(C(=O)N(C)CCOc3ccccc3C)C2)c1. The van der Waals surface area contributed by atoms with Crippen LogP contribution in [0.1, 0.15) is 39.9 Å². The molecule has 1 heterocycles. The lowest BCUT2D eigenvalue weighted by atomic mass is 9.95. The van der Waals surface area contributed by atoms with Gasteiger partial charge in [0.05, 0.1) is 12.5 Å². The normalized spacial score (nSPS) is 16.3. The molecule has 0 saturated carbocycles. The summed E-state index contributed by atoms with van der Waals surface area (Å²) in [5.74, 6) is 0.796. The van der Waals surface area contributed by atoms with Crippen LogP contribution in [0, 0.1) is 26.7 Å². The number of amides is 2. The van der Waals surface area contributed by atoms with E-state index in [1.807, 2.05) is 69.1 Å². The van der Waals surface area contributed by atoms with Gasteiger partial charge in [0.2, 0.25) is 5.91 Å². The first-order valence-corrected chi connectivity index (χ1v) is 10.7. The molecule has 0 N–H and O–H groups in total. The van der Waals surface area contributed by atoms with Gasteiger partial charge in [0.1, 0.15) is 12.4 Å². The summed E-state index contributed by atoms with van der Waals surface area (Å²) in [6.45, 7) is 8.16. The van der Waals surface area contributed by atoms with Crippen LogP contribution in [0.5, 0.6) is 5.75 Å². The highest BCUT2D eigenvalue weighted by molar-refractivity contribution is 5.95. The molecule has 0 aliphatic carbocycles. The molecule has 1 aliphatic rings. The van der Waals surface area contributed by atoms with Gasteiger partial charge in [-0.2, -0.15) is 0 Å². The monoisotopic (exact) mass is 408 g/mol. The van der Waals surface area contributed by atoms with Crippen LogP contribution in [0.3, 0.4) is 0 Å². The zero-order valence-corrected chi connectivity index (χ0v) is 18.5. The molecule has 0 aromatic heterocycles. The lowest BCUT2D eigenvalue weighted by Crippen LogP contribution is -2.46. The van der Waals surface area contributed by atoms with Crippen molar-refractivity contribution in [1.82, 2.24) is 9.80 Å². The van der Waals surface area contributed by atoms with Gasteiger partial charge in [-0.25, -0.2) is 0 Å². The maximum absolute atomic E-state index is 13.0. The van der Waals surface area contributed by atoms with Crippen molar-refractivity contribution in [2.75, 3.05) is 33.3 Å². The average molecular weight is 409 g/mol. The summed E-state index contributed by atoms with van der Waals surface area (Å²) in [6, 6.07) is 13.8. The average Bonchev–Trinajstić information content (AvgIpc) is 2.73. The maximum atomic E-state index is 13.0. The van der Waals surface area contributed by atoms with Gasteiger partial charge in [-0.15, -0.1) is 0 Å². The number of carbonyl (C=O) groups excluding carboxylic acids is 2. The molecule has 5 heteroatoms. The minimum absolute atomic E-state index is 0.0184. The molecule has 2 amide bonds. The second-order valence-electron chi connectivity index (χ2n) is 8.34. The molecule has 0 bridgehead atoms. The number of likely N-dealkylation sites (tertiary alicyclic amines) is 1. The van der Waals surface area contributed by atoms with Gasteiger partial charge < -0.3 is 14.5 Å². The van der Waals surface area contributed by atoms with E-state index in [4.69, 9.17) is 4.74 Å². The van der Waals surface area contributed by atoms with Crippen LogP contribution < -0.4 is 4.74 Å². The molecule has 1 saturated heterocycles. The Hall–Kier alpha value is -2.82. The molecule has 1 fully saturated rings. The van der Waals surface area contributed by atoms with Crippen LogP contribution in [0.25, 0.3) is 0 Å². The molecule has 2 aromatic rings. The van der Waals surface area contributed by atoms with Gasteiger partial charge in [-0.3, -0.25) is 9.59 Å². The number of likely N-dealkylation sites (N-methyl/N-ethyl adjacent to an activating group) is 1. The zero-order chi connectivity index (χ0) is 21.7. The quantitative estimate of drug-likeness (QED) is 0.726. The highest BCUT2D eigenvalue weighted by atomic mass is 16.5. The first-order chi connectivity index (χ1) is 14.3. The number of aryl methyl sites for hydroxylation is 3. The molecule has 3 rings (SSSR count). The number of rotatable bonds is 6. The summed E-state index contributed by atoms with van der Waals surface area (Å²) in [6.07, 6.45) is 1.67. The van der Waals surface area contributed by atoms with Gasteiger partial charge in [-0.05, 0) is 57.4 Å². The van der Waals surface area contributed by atoms with Crippen molar-refractivity contribution >= 4 is 11.8 Å². The van der Waals surface area contributed by atoms with Crippen molar-refractivity contribution in [2.45, 2.75) is 33.6 Å². The molecule has 0 spiro atoms. The number of para-hydroxylation sites is 1. The van der Waals surface area contributed by atoms with Gasteiger partial charge in [0, 0.05) is 25.7 Å². The van der Waals surface area contributed by atoms with E-state index in [2.05, 4.69) is 6.07 Å². The number of hydrogen-bond acceptors (Lipinski definition) is 3. The van der Waals surface area contributed by atoms with Crippen LogP contribution in [-0.2, 0) is 4.79 Å². The highest BCUT2D eigenvalue weighted by Gasteiger charge is 2.30. The second kappa shape index (κ2) is 9.79. The van der Waals surface area contributed by atoms with Gasteiger partial charge in [-0.1, -0.05) is 35.4 Å². The van der Waals surface area contributed by atoms with Crippen molar-refractivity contribution < 1.29 is 14.3 Å². The third kappa shape index (κ3) is 5.41. The predicted octanol–water partition coefficient (Wildman–Crippen LogP) is 4.00. The van der Waals surface area contributed by atoms with Crippen molar-refractivity contribution in [1.29, 1.82) is 0 Å². The van der Waals surface area contributed by atoms with Gasteiger partial charge >= 0.3 is 0 Å². The number of nitrogens with zero attached hydrogens (tertiary/aromatic N) is 2. The summed E-state index contributed by atoms with van der Waals surface area (Å²) in [4.78, 5) is 29.5. The lowest BCUT2D eigenvalue weighted by molar-refractivity contribution is -0.135. The summed E-state index contributed by atoms with van der Waals surface area (Å²) >= 11 is 0. The molecule has 2 aromatic carbocycles. The molecule has 1 unspecified atom stereocenters. The molecule has 1 aliphatic heterocycles. The van der Waals surface area contributed by atoms with E-state index in [0.29, 0.717) is 31.8 Å². The van der Waals surface area contributed by atoms with E-state index in [0.717, 1.165) is 35.3 Å². The lowest BCUT2D eigenvalue weighted by Gasteiger charge is -2.34. The highest BCUT2D eigenvalue weighted by Crippen LogP contribution is 2.22. The minimum Gasteiger partial charge on any atom is -0.491 e. The third-order valence-electron chi connectivity index (χ3n) is 5.68. The number of piperidine rings is 1. The van der Waals surface area contributed by atoms with E-state index >= 15 is 0 Å². The van der Waals surface area contributed by atoms with E-state index in [1.54, 1.807) is 4.90 Å². The molecular formula is C25H32N2O3. The molecule has 160 valence electrons. The number of ether oxygens (including phenoxy) is 1. The fourth-order valence-corrected chi connectivity index (χ4v) is 4.08. The first kappa shape index (κ1) is 21.9. The Morgan fingerprint density at radius 2 is 1.80 bits per heavy atom. The maximum Gasteiger partial charge on any atom is 0.253 e. The van der Waals surface area contributed by atoms with E-state index in [-0.39, 0.29) is 17.7 Å². The van der Waals surface area contributed by atoms with Gasteiger partial charge in [0.15, 0.2) is 0 Å². The summed E-state index contributed by atoms with van der Waals surface area (Å²) in [5.41, 5.74) is 3.95. The Balaban J connectivity index is 1.55. The van der Waals surface area contributed by atoms with Crippen LogP contribution in [0.2, 0.25) is 0 Å². The topological polar surface area (TPSA) is 49.9 Å². The fraction of sp³-hybridized carbons (Fsp3) is 0.440. The molecule has 5 nitrogen and oxygen atoms in total. The smallest absolute Gasteiger partial charge is 0.253 e. The Morgan fingerprint density at radius 1 is 1.10 bits per heavy atom. The third-order valence-corrected chi connectivity index (χ3v) is 5.68. The molecule has 1 atom stereocenters. The summed E-state index contributed by atoms with van der Waals surface area (Å²) in [5, 5.41) is 0. The van der Waals surface area contributed by atoms with E-state index in [9.17, 15) is 9.59 Å². The first-order valence-electron chi connectivity index (χ1n) is 10.7. The summed E-state index contributed by atoms with van der Waals surface area (Å²) < 4.78 is 5.83.